The van der Waals surface area contributed by atoms with Gasteiger partial charge in [0, 0.05) is 18.2 Å². The Morgan fingerprint density at radius 1 is 1.22 bits per heavy atom. The lowest BCUT2D eigenvalue weighted by Gasteiger charge is -2.29. The topological polar surface area (TPSA) is 75.8 Å². The normalized spacial score (nSPS) is 12.5. The number of hydrogen-bond donors (Lipinski definition) is 2. The predicted molar refractivity (Wildman–Crippen MR) is 98.0 cm³/mol. The van der Waals surface area contributed by atoms with Crippen LogP contribution < -0.4 is 15.4 Å². The first kappa shape index (κ1) is 20.4. The van der Waals surface area contributed by atoms with E-state index in [4.69, 9.17) is 10.5 Å². The van der Waals surface area contributed by atoms with Gasteiger partial charge in [-0.05, 0) is 48.9 Å². The number of benzene rings is 2. The van der Waals surface area contributed by atoms with Crippen LogP contribution in [0.4, 0.5) is 14.5 Å². The van der Waals surface area contributed by atoms with Crippen LogP contribution in [-0.2, 0) is 11.2 Å². The molecule has 27 heavy (non-hydrogen) atoms. The molecule has 0 saturated carbocycles. The van der Waals surface area contributed by atoms with Crippen LogP contribution in [0.1, 0.15) is 12.5 Å². The summed E-state index contributed by atoms with van der Waals surface area (Å²) in [5.41, 5.74) is 3.93. The van der Waals surface area contributed by atoms with Crippen molar-refractivity contribution in [3.8, 4) is 17.6 Å². The average Bonchev–Trinajstić information content (AvgIpc) is 2.61. The molecule has 0 fully saturated rings. The Morgan fingerprint density at radius 3 is 2.33 bits per heavy atom. The second-order valence-electron chi connectivity index (χ2n) is 5.89. The Morgan fingerprint density at radius 2 is 1.81 bits per heavy atom. The summed E-state index contributed by atoms with van der Waals surface area (Å²) in [5, 5.41) is 10.5. The third-order valence-corrected chi connectivity index (χ3v) is 3.81. The molecule has 0 saturated heterocycles. The monoisotopic (exact) mass is 374 g/mol. The van der Waals surface area contributed by atoms with Gasteiger partial charge in [-0.3, -0.25) is 15.4 Å². The van der Waals surface area contributed by atoms with Gasteiger partial charge in [-0.1, -0.05) is 5.92 Å². The molecule has 0 radical (unpaired) electrons. The Kier molecular flexibility index (Phi) is 6.50. The summed E-state index contributed by atoms with van der Waals surface area (Å²) >= 11 is 0. The molecule has 0 aromatic heterocycles. The molecular weight excluding hydrogens is 354 g/mol. The molecule has 1 amide bonds. The van der Waals surface area contributed by atoms with E-state index in [1.165, 1.54) is 12.0 Å². The standard InChI is InChI=1S/C20H20F2N2O3/c1-3-4-9-24(17-5-7-18(27-2)8-6-17)19(25)20(23,26)13-14-10-15(21)12-16(22)11-14/h5-8,10-12,26H,9,13,23H2,1-2H3/t20-/m0/s1. The van der Waals surface area contributed by atoms with E-state index in [0.29, 0.717) is 17.5 Å². The lowest BCUT2D eigenvalue weighted by Crippen LogP contribution is -2.57. The number of amides is 1. The summed E-state index contributed by atoms with van der Waals surface area (Å²) in [5.74, 6) is 3.52. The molecule has 3 N–H and O–H groups in total. The number of carbonyl (C=O) groups excluding carboxylic acids is 1. The van der Waals surface area contributed by atoms with Crippen LogP contribution in [0, 0.1) is 23.5 Å². The number of nitrogens with two attached hydrogens (primary N) is 1. The minimum absolute atomic E-state index is 0.0152. The summed E-state index contributed by atoms with van der Waals surface area (Å²) in [6, 6.07) is 9.24. The van der Waals surface area contributed by atoms with E-state index in [1.807, 2.05) is 0 Å². The first-order valence-corrected chi connectivity index (χ1v) is 8.08. The summed E-state index contributed by atoms with van der Waals surface area (Å²) in [6.07, 6.45) is -0.466. The molecule has 142 valence electrons. The highest BCUT2D eigenvalue weighted by atomic mass is 19.1. The number of ether oxygens (including phenoxy) is 1. The van der Waals surface area contributed by atoms with Crippen molar-refractivity contribution in [1.82, 2.24) is 0 Å². The summed E-state index contributed by atoms with van der Waals surface area (Å²) in [6.45, 7) is 1.60. The summed E-state index contributed by atoms with van der Waals surface area (Å²) in [4.78, 5) is 14.1. The number of nitrogens with zero attached hydrogens (tertiary/aromatic N) is 1. The number of halogens is 2. The number of methoxy groups -OCH3 is 1. The van der Waals surface area contributed by atoms with Gasteiger partial charge >= 0.3 is 0 Å². The fourth-order valence-electron chi connectivity index (χ4n) is 2.53. The molecule has 0 aliphatic rings. The largest absolute Gasteiger partial charge is 0.497 e. The van der Waals surface area contributed by atoms with Crippen LogP contribution in [0.25, 0.3) is 0 Å². The molecule has 1 atom stereocenters. The summed E-state index contributed by atoms with van der Waals surface area (Å²) in [7, 11) is 1.51. The lowest BCUT2D eigenvalue weighted by atomic mass is 10.0. The van der Waals surface area contributed by atoms with Crippen molar-refractivity contribution in [2.24, 2.45) is 5.73 Å². The van der Waals surface area contributed by atoms with Crippen molar-refractivity contribution in [3.63, 3.8) is 0 Å². The van der Waals surface area contributed by atoms with Gasteiger partial charge in [0.15, 0.2) is 5.72 Å². The number of rotatable bonds is 6. The maximum atomic E-state index is 13.4. The first-order chi connectivity index (χ1) is 12.8. The molecule has 2 aromatic rings. The minimum atomic E-state index is -2.38. The summed E-state index contributed by atoms with van der Waals surface area (Å²) < 4.78 is 31.8. The minimum Gasteiger partial charge on any atom is -0.497 e. The highest BCUT2D eigenvalue weighted by molar-refractivity contribution is 5.99. The Labute approximate surface area is 156 Å². The van der Waals surface area contributed by atoms with E-state index >= 15 is 0 Å². The number of anilines is 1. The maximum Gasteiger partial charge on any atom is 0.275 e. The predicted octanol–water partition coefficient (Wildman–Crippen LogP) is 2.22. The maximum absolute atomic E-state index is 13.4. The molecule has 0 bridgehead atoms. The number of aliphatic hydroxyl groups is 1. The van der Waals surface area contributed by atoms with Gasteiger partial charge in [0.2, 0.25) is 0 Å². The molecule has 0 aliphatic carbocycles. The third-order valence-electron chi connectivity index (χ3n) is 3.81. The van der Waals surface area contributed by atoms with E-state index in [1.54, 1.807) is 31.2 Å². The van der Waals surface area contributed by atoms with Crippen molar-refractivity contribution < 1.29 is 23.4 Å². The highest BCUT2D eigenvalue weighted by Crippen LogP contribution is 2.22. The molecule has 0 spiro atoms. The Hall–Kier alpha value is -2.95. The fraction of sp³-hybridized carbons (Fsp3) is 0.250. The van der Waals surface area contributed by atoms with Crippen LogP contribution in [0.3, 0.4) is 0 Å². The van der Waals surface area contributed by atoms with Crippen molar-refractivity contribution in [2.75, 3.05) is 18.6 Å². The fourth-order valence-corrected chi connectivity index (χ4v) is 2.53. The quantitative estimate of drug-likeness (QED) is 0.601. The van der Waals surface area contributed by atoms with Crippen LogP contribution >= 0.6 is 0 Å². The number of hydrogen-bond acceptors (Lipinski definition) is 4. The molecule has 0 heterocycles. The van der Waals surface area contributed by atoms with Crippen molar-refractivity contribution >= 4 is 11.6 Å². The van der Waals surface area contributed by atoms with E-state index in [-0.39, 0.29) is 12.1 Å². The molecular formula is C20H20F2N2O3. The average molecular weight is 374 g/mol. The van der Waals surface area contributed by atoms with Gasteiger partial charge in [0.1, 0.15) is 17.4 Å². The highest BCUT2D eigenvalue weighted by Gasteiger charge is 2.36. The number of carbonyl (C=O) groups is 1. The van der Waals surface area contributed by atoms with Crippen molar-refractivity contribution in [1.29, 1.82) is 0 Å². The molecule has 0 aliphatic heterocycles. The van der Waals surface area contributed by atoms with Crippen molar-refractivity contribution in [2.45, 2.75) is 19.1 Å². The molecule has 0 unspecified atom stereocenters. The van der Waals surface area contributed by atoms with Gasteiger partial charge < -0.3 is 9.84 Å². The van der Waals surface area contributed by atoms with Gasteiger partial charge in [0.25, 0.3) is 5.91 Å². The third kappa shape index (κ3) is 5.26. The van der Waals surface area contributed by atoms with Crippen LogP contribution in [0.15, 0.2) is 42.5 Å². The zero-order valence-corrected chi connectivity index (χ0v) is 15.0. The molecule has 5 nitrogen and oxygen atoms in total. The van der Waals surface area contributed by atoms with Gasteiger partial charge in [0.05, 0.1) is 13.7 Å². The zero-order chi connectivity index (χ0) is 20.0. The van der Waals surface area contributed by atoms with E-state index in [0.717, 1.165) is 12.1 Å². The molecule has 2 aromatic carbocycles. The second kappa shape index (κ2) is 8.62. The molecule has 2 rings (SSSR count). The van der Waals surface area contributed by atoms with E-state index in [2.05, 4.69) is 11.8 Å². The van der Waals surface area contributed by atoms with Crippen LogP contribution in [0.5, 0.6) is 5.75 Å². The van der Waals surface area contributed by atoms with Crippen LogP contribution in [-0.4, -0.2) is 30.4 Å². The Balaban J connectivity index is 2.31. The van der Waals surface area contributed by atoms with Gasteiger partial charge in [-0.25, -0.2) is 8.78 Å². The first-order valence-electron chi connectivity index (χ1n) is 8.08. The lowest BCUT2D eigenvalue weighted by molar-refractivity contribution is -0.136. The van der Waals surface area contributed by atoms with Gasteiger partial charge in [-0.2, -0.15) is 0 Å². The Bertz CT molecular complexity index is 851. The van der Waals surface area contributed by atoms with Gasteiger partial charge in [-0.15, -0.1) is 5.92 Å². The smallest absolute Gasteiger partial charge is 0.275 e. The van der Waals surface area contributed by atoms with E-state index < -0.39 is 29.7 Å². The van der Waals surface area contributed by atoms with Crippen LogP contribution in [0.2, 0.25) is 0 Å². The molecule has 7 heteroatoms. The zero-order valence-electron chi connectivity index (χ0n) is 15.0. The SMILES string of the molecule is CC#CCN(C(=O)[C@@](N)(O)Cc1cc(F)cc(F)c1)c1ccc(OC)cc1. The second-order valence-corrected chi connectivity index (χ2v) is 5.89. The van der Waals surface area contributed by atoms with E-state index in [9.17, 15) is 18.7 Å². The van der Waals surface area contributed by atoms with Crippen molar-refractivity contribution in [3.05, 3.63) is 59.7 Å².